The van der Waals surface area contributed by atoms with Crippen molar-refractivity contribution in [2.45, 2.75) is 45.4 Å². The molecule has 0 aliphatic heterocycles. The number of allylic oxidation sites excluding steroid dienone is 1. The molecule has 2 aliphatic carbocycles. The molecule has 1 fully saturated rings. The van der Waals surface area contributed by atoms with Crippen LogP contribution in [-0.2, 0) is 6.42 Å². The van der Waals surface area contributed by atoms with Gasteiger partial charge in [-0.3, -0.25) is 0 Å². The highest BCUT2D eigenvalue weighted by Gasteiger charge is 2.26. The zero-order valence-corrected chi connectivity index (χ0v) is 12.0. The van der Waals surface area contributed by atoms with E-state index in [0.717, 1.165) is 5.70 Å². The number of nitrogens with two attached hydrogens (primary N) is 1. The van der Waals surface area contributed by atoms with E-state index in [1.54, 1.807) is 0 Å². The third kappa shape index (κ3) is 2.11. The Morgan fingerprint density at radius 1 is 1.32 bits per heavy atom. The molecule has 0 saturated heterocycles. The van der Waals surface area contributed by atoms with Gasteiger partial charge < -0.3 is 5.73 Å². The molecular formula is C18H23N. The van der Waals surface area contributed by atoms with Crippen molar-refractivity contribution in [3.63, 3.8) is 0 Å². The molecule has 1 unspecified atom stereocenters. The molecule has 0 aromatic heterocycles. The Balaban J connectivity index is 2.15. The van der Waals surface area contributed by atoms with Crippen LogP contribution in [0.1, 0.15) is 59.9 Å². The van der Waals surface area contributed by atoms with Gasteiger partial charge in [-0.2, -0.15) is 0 Å². The third-order valence-electron chi connectivity index (χ3n) is 4.65. The zero-order chi connectivity index (χ0) is 13.6. The Kier molecular flexibility index (Phi) is 3.00. The number of rotatable bonds is 3. The number of benzene rings is 1. The van der Waals surface area contributed by atoms with E-state index in [-0.39, 0.29) is 0 Å². The summed E-state index contributed by atoms with van der Waals surface area (Å²) in [5.41, 5.74) is 14.2. The maximum Gasteiger partial charge on any atom is 0.0118 e. The number of hydrogen-bond acceptors (Lipinski definition) is 1. The predicted molar refractivity (Wildman–Crippen MR) is 82.9 cm³/mol. The Morgan fingerprint density at radius 2 is 2.05 bits per heavy atom. The van der Waals surface area contributed by atoms with Gasteiger partial charge in [-0.1, -0.05) is 25.6 Å². The highest BCUT2D eigenvalue weighted by atomic mass is 14.6. The first-order valence-electron chi connectivity index (χ1n) is 7.37. The lowest BCUT2D eigenvalue weighted by molar-refractivity contribution is 0.746. The lowest BCUT2D eigenvalue weighted by Crippen LogP contribution is -2.02. The van der Waals surface area contributed by atoms with Gasteiger partial charge in [0.25, 0.3) is 0 Å². The minimum absolute atomic E-state index is 0.628. The van der Waals surface area contributed by atoms with Crippen molar-refractivity contribution in [2.24, 2.45) is 11.7 Å². The average molecular weight is 253 g/mol. The summed E-state index contributed by atoms with van der Waals surface area (Å²) >= 11 is 0. The molecule has 2 aliphatic rings. The summed E-state index contributed by atoms with van der Waals surface area (Å²) in [6.07, 6.45) is 9.22. The van der Waals surface area contributed by atoms with Crippen molar-refractivity contribution in [1.29, 1.82) is 0 Å². The van der Waals surface area contributed by atoms with E-state index in [1.165, 1.54) is 53.5 Å². The highest BCUT2D eigenvalue weighted by molar-refractivity contribution is 5.73. The summed E-state index contributed by atoms with van der Waals surface area (Å²) in [6.45, 7) is 8.56. The summed E-state index contributed by atoms with van der Waals surface area (Å²) in [6, 6.07) is 2.36. The molecule has 0 bridgehead atoms. The first-order chi connectivity index (χ1) is 9.11. The van der Waals surface area contributed by atoms with Crippen LogP contribution < -0.4 is 5.73 Å². The van der Waals surface area contributed by atoms with Crippen LogP contribution in [0.3, 0.4) is 0 Å². The van der Waals surface area contributed by atoms with Crippen LogP contribution in [-0.4, -0.2) is 0 Å². The second-order valence-electron chi connectivity index (χ2n) is 6.16. The molecule has 1 nitrogen and oxygen atoms in total. The molecule has 0 amide bonds. The Morgan fingerprint density at radius 3 is 2.68 bits per heavy atom. The molecule has 0 spiro atoms. The van der Waals surface area contributed by atoms with Gasteiger partial charge in [0.2, 0.25) is 0 Å². The SMILES string of the molecule is C=Cc1c(/C=C(\N)C2CC2)c(C)cc2c1C(C)CC2. The van der Waals surface area contributed by atoms with Crippen molar-refractivity contribution < 1.29 is 0 Å². The van der Waals surface area contributed by atoms with Crippen molar-refractivity contribution >= 4 is 12.2 Å². The first-order valence-corrected chi connectivity index (χ1v) is 7.37. The number of hydrogen-bond donors (Lipinski definition) is 1. The summed E-state index contributed by atoms with van der Waals surface area (Å²) in [7, 11) is 0. The van der Waals surface area contributed by atoms with Gasteiger partial charge in [-0.25, -0.2) is 0 Å². The van der Waals surface area contributed by atoms with E-state index in [4.69, 9.17) is 5.73 Å². The van der Waals surface area contributed by atoms with Crippen LogP contribution in [0.25, 0.3) is 12.2 Å². The molecule has 0 radical (unpaired) electrons. The molecule has 3 rings (SSSR count). The third-order valence-corrected chi connectivity index (χ3v) is 4.65. The highest BCUT2D eigenvalue weighted by Crippen LogP contribution is 2.40. The Bertz CT molecular complexity index is 562. The minimum atomic E-state index is 0.628. The second kappa shape index (κ2) is 4.56. The molecule has 0 heterocycles. The summed E-state index contributed by atoms with van der Waals surface area (Å²) < 4.78 is 0. The molecule has 1 saturated carbocycles. The van der Waals surface area contributed by atoms with E-state index in [1.807, 2.05) is 6.08 Å². The summed E-state index contributed by atoms with van der Waals surface area (Å²) in [4.78, 5) is 0. The summed E-state index contributed by atoms with van der Waals surface area (Å²) in [5, 5.41) is 0. The lowest BCUT2D eigenvalue weighted by atomic mass is 9.89. The quantitative estimate of drug-likeness (QED) is 0.849. The van der Waals surface area contributed by atoms with Crippen LogP contribution in [0.5, 0.6) is 0 Å². The minimum Gasteiger partial charge on any atom is -0.402 e. The fourth-order valence-corrected chi connectivity index (χ4v) is 3.37. The van der Waals surface area contributed by atoms with Crippen molar-refractivity contribution in [3.05, 3.63) is 46.2 Å². The largest absolute Gasteiger partial charge is 0.402 e. The van der Waals surface area contributed by atoms with E-state index in [9.17, 15) is 0 Å². The smallest absolute Gasteiger partial charge is 0.0118 e. The van der Waals surface area contributed by atoms with Crippen molar-refractivity contribution in [2.75, 3.05) is 0 Å². The first kappa shape index (κ1) is 12.5. The average Bonchev–Trinajstić information content (AvgIpc) is 3.17. The molecular weight excluding hydrogens is 230 g/mol. The molecule has 19 heavy (non-hydrogen) atoms. The fraction of sp³-hybridized carbons (Fsp3) is 0.444. The maximum absolute atomic E-state index is 6.21. The molecule has 100 valence electrons. The van der Waals surface area contributed by atoms with E-state index >= 15 is 0 Å². The number of fused-ring (bicyclic) bond motifs is 1. The van der Waals surface area contributed by atoms with Crippen LogP contribution in [0, 0.1) is 12.8 Å². The lowest BCUT2D eigenvalue weighted by Gasteiger charge is -2.16. The summed E-state index contributed by atoms with van der Waals surface area (Å²) in [5.74, 6) is 1.28. The Hall–Kier alpha value is -1.50. The van der Waals surface area contributed by atoms with Gasteiger partial charge in [-0.05, 0) is 78.3 Å². The van der Waals surface area contributed by atoms with Gasteiger partial charge in [0.15, 0.2) is 0 Å². The van der Waals surface area contributed by atoms with Gasteiger partial charge in [0, 0.05) is 5.70 Å². The van der Waals surface area contributed by atoms with Gasteiger partial charge in [-0.15, -0.1) is 0 Å². The molecule has 1 atom stereocenters. The van der Waals surface area contributed by atoms with Crippen molar-refractivity contribution in [3.8, 4) is 0 Å². The van der Waals surface area contributed by atoms with Crippen LogP contribution in [0.15, 0.2) is 18.3 Å². The topological polar surface area (TPSA) is 26.0 Å². The van der Waals surface area contributed by atoms with Gasteiger partial charge in [0.05, 0.1) is 0 Å². The molecule has 1 aromatic rings. The second-order valence-corrected chi connectivity index (χ2v) is 6.16. The standard InChI is InChI=1S/C18H23N/c1-4-15-16(10-17(19)13-7-8-13)12(3)9-14-6-5-11(2)18(14)15/h4,9-11,13H,1,5-8,19H2,2-3H3/b17-10-. The molecule has 2 N–H and O–H groups in total. The van der Waals surface area contributed by atoms with Crippen molar-refractivity contribution in [1.82, 2.24) is 0 Å². The van der Waals surface area contributed by atoms with Gasteiger partial charge >= 0.3 is 0 Å². The monoisotopic (exact) mass is 253 g/mol. The van der Waals surface area contributed by atoms with E-state index < -0.39 is 0 Å². The van der Waals surface area contributed by atoms with Crippen LogP contribution >= 0.6 is 0 Å². The van der Waals surface area contributed by atoms with E-state index in [0.29, 0.717) is 11.8 Å². The fourth-order valence-electron chi connectivity index (χ4n) is 3.37. The molecule has 1 aromatic carbocycles. The maximum atomic E-state index is 6.21. The van der Waals surface area contributed by atoms with Gasteiger partial charge in [0.1, 0.15) is 0 Å². The predicted octanol–water partition coefficient (Wildman–Crippen LogP) is 4.40. The number of aryl methyl sites for hydroxylation is 2. The van der Waals surface area contributed by atoms with Crippen LogP contribution in [0.4, 0.5) is 0 Å². The zero-order valence-electron chi connectivity index (χ0n) is 12.0. The van der Waals surface area contributed by atoms with E-state index in [2.05, 4.69) is 32.6 Å². The molecule has 1 heteroatoms. The Labute approximate surface area is 116 Å². The van der Waals surface area contributed by atoms with Crippen LogP contribution in [0.2, 0.25) is 0 Å². The normalized spacial score (nSPS) is 22.4.